The topological polar surface area (TPSA) is 60.7 Å². The van der Waals surface area contributed by atoms with Gasteiger partial charge >= 0.3 is 0 Å². The van der Waals surface area contributed by atoms with Crippen LogP contribution in [0.2, 0.25) is 0 Å². The molecule has 0 heterocycles. The molecule has 3 N–H and O–H groups in total. The summed E-state index contributed by atoms with van der Waals surface area (Å²) in [5.41, 5.74) is -0.0940. The summed E-state index contributed by atoms with van der Waals surface area (Å²) in [6.07, 6.45) is -2.08. The van der Waals surface area contributed by atoms with Gasteiger partial charge in [0.1, 0.15) is 17.7 Å². The van der Waals surface area contributed by atoms with Crippen molar-refractivity contribution >= 4 is 15.9 Å². The van der Waals surface area contributed by atoms with Crippen LogP contribution >= 0.6 is 15.9 Å². The highest BCUT2D eigenvalue weighted by atomic mass is 79.9. The van der Waals surface area contributed by atoms with Gasteiger partial charge in [0.15, 0.2) is 0 Å². The van der Waals surface area contributed by atoms with Gasteiger partial charge in [-0.1, -0.05) is 15.9 Å². The Labute approximate surface area is 95.3 Å². The summed E-state index contributed by atoms with van der Waals surface area (Å²) in [6, 6.07) is 3.34. The Morgan fingerprint density at radius 3 is 2.60 bits per heavy atom. The molecule has 0 aliphatic rings. The van der Waals surface area contributed by atoms with Gasteiger partial charge in [0.2, 0.25) is 0 Å². The SMILES string of the molecule is Oc1ccc(F)c(C(O)C(O)CCBr)c1. The monoisotopic (exact) mass is 278 g/mol. The van der Waals surface area contributed by atoms with Crippen molar-refractivity contribution in [2.24, 2.45) is 0 Å². The van der Waals surface area contributed by atoms with Crippen LogP contribution in [0.3, 0.4) is 0 Å². The Morgan fingerprint density at radius 1 is 1.33 bits per heavy atom. The molecule has 0 spiro atoms. The molecule has 0 aromatic heterocycles. The van der Waals surface area contributed by atoms with Crippen LogP contribution in [0.1, 0.15) is 18.1 Å². The molecule has 1 rings (SSSR count). The van der Waals surface area contributed by atoms with Crippen molar-refractivity contribution in [3.8, 4) is 5.75 Å². The molecule has 5 heteroatoms. The first-order valence-corrected chi connectivity index (χ1v) is 5.59. The van der Waals surface area contributed by atoms with E-state index in [0.29, 0.717) is 11.8 Å². The Kier molecular flexibility index (Phi) is 4.50. The van der Waals surface area contributed by atoms with Crippen molar-refractivity contribution in [1.29, 1.82) is 0 Å². The van der Waals surface area contributed by atoms with E-state index in [9.17, 15) is 14.6 Å². The second-order valence-electron chi connectivity index (χ2n) is 3.20. The average molecular weight is 279 g/mol. The molecule has 0 fully saturated rings. The van der Waals surface area contributed by atoms with Crippen molar-refractivity contribution < 1.29 is 19.7 Å². The molecular formula is C10H12BrFO3. The molecule has 0 aliphatic heterocycles. The van der Waals surface area contributed by atoms with Gasteiger partial charge in [-0.2, -0.15) is 0 Å². The number of alkyl halides is 1. The van der Waals surface area contributed by atoms with Crippen LogP contribution in [0.5, 0.6) is 5.75 Å². The highest BCUT2D eigenvalue weighted by Gasteiger charge is 2.21. The molecule has 0 aliphatic carbocycles. The molecule has 2 atom stereocenters. The van der Waals surface area contributed by atoms with E-state index in [1.54, 1.807) is 0 Å². The molecule has 15 heavy (non-hydrogen) atoms. The lowest BCUT2D eigenvalue weighted by Gasteiger charge is -2.17. The number of phenolic OH excluding ortho intramolecular Hbond substituents is 1. The zero-order valence-corrected chi connectivity index (χ0v) is 9.48. The van der Waals surface area contributed by atoms with Gasteiger partial charge in [0.05, 0.1) is 6.10 Å². The van der Waals surface area contributed by atoms with Crippen LogP contribution in [0.25, 0.3) is 0 Å². The lowest BCUT2D eigenvalue weighted by Crippen LogP contribution is -2.19. The number of benzene rings is 1. The summed E-state index contributed by atoms with van der Waals surface area (Å²) in [4.78, 5) is 0. The quantitative estimate of drug-likeness (QED) is 0.735. The fourth-order valence-electron chi connectivity index (χ4n) is 1.23. The van der Waals surface area contributed by atoms with E-state index in [1.165, 1.54) is 6.07 Å². The van der Waals surface area contributed by atoms with E-state index in [2.05, 4.69) is 15.9 Å². The number of aliphatic hydroxyl groups excluding tert-OH is 2. The Balaban J connectivity index is 2.89. The first kappa shape index (κ1) is 12.4. The molecule has 0 saturated carbocycles. The number of hydrogen-bond acceptors (Lipinski definition) is 3. The minimum atomic E-state index is -1.32. The fraction of sp³-hybridized carbons (Fsp3) is 0.400. The van der Waals surface area contributed by atoms with Gasteiger partial charge in [-0.15, -0.1) is 0 Å². The second kappa shape index (κ2) is 5.44. The fourth-order valence-corrected chi connectivity index (χ4v) is 1.70. The average Bonchev–Trinajstić information content (AvgIpc) is 2.21. The minimum Gasteiger partial charge on any atom is -0.508 e. The number of halogens is 2. The molecule has 3 nitrogen and oxygen atoms in total. The summed E-state index contributed by atoms with van der Waals surface area (Å²) in [5.74, 6) is -0.787. The van der Waals surface area contributed by atoms with Crippen molar-refractivity contribution in [3.05, 3.63) is 29.6 Å². The number of aliphatic hydroxyl groups is 2. The molecule has 2 unspecified atom stereocenters. The molecule has 0 bridgehead atoms. The molecule has 1 aromatic rings. The zero-order chi connectivity index (χ0) is 11.4. The molecule has 84 valence electrons. The van der Waals surface area contributed by atoms with Gasteiger partial charge in [-0.3, -0.25) is 0 Å². The summed E-state index contributed by atoms with van der Waals surface area (Å²) in [5, 5.41) is 28.7. The first-order valence-electron chi connectivity index (χ1n) is 4.46. The Bertz CT molecular complexity index is 332. The number of rotatable bonds is 4. The van der Waals surface area contributed by atoms with Gasteiger partial charge in [0, 0.05) is 10.9 Å². The van der Waals surface area contributed by atoms with E-state index in [0.717, 1.165) is 12.1 Å². The molecular weight excluding hydrogens is 267 g/mol. The van der Waals surface area contributed by atoms with E-state index in [4.69, 9.17) is 5.11 Å². The van der Waals surface area contributed by atoms with Crippen LogP contribution < -0.4 is 0 Å². The lowest BCUT2D eigenvalue weighted by molar-refractivity contribution is 0.0152. The third-order valence-electron chi connectivity index (χ3n) is 2.07. The van der Waals surface area contributed by atoms with Crippen LogP contribution in [0, 0.1) is 5.82 Å². The first-order chi connectivity index (χ1) is 7.06. The number of phenols is 1. The summed E-state index contributed by atoms with van der Waals surface area (Å²) in [6.45, 7) is 0. The van der Waals surface area contributed by atoms with Crippen molar-refractivity contribution in [3.63, 3.8) is 0 Å². The molecule has 0 radical (unpaired) electrons. The number of hydrogen-bond donors (Lipinski definition) is 3. The van der Waals surface area contributed by atoms with Crippen LogP contribution in [0.15, 0.2) is 18.2 Å². The van der Waals surface area contributed by atoms with E-state index in [-0.39, 0.29) is 11.3 Å². The maximum absolute atomic E-state index is 13.2. The van der Waals surface area contributed by atoms with Crippen LogP contribution in [0.4, 0.5) is 4.39 Å². The maximum atomic E-state index is 13.2. The second-order valence-corrected chi connectivity index (χ2v) is 3.99. The van der Waals surface area contributed by atoms with Crippen molar-refractivity contribution in [2.75, 3.05) is 5.33 Å². The zero-order valence-electron chi connectivity index (χ0n) is 7.90. The van der Waals surface area contributed by atoms with Crippen molar-refractivity contribution in [1.82, 2.24) is 0 Å². The highest BCUT2D eigenvalue weighted by Crippen LogP contribution is 2.25. The van der Waals surface area contributed by atoms with E-state index < -0.39 is 18.0 Å². The molecule has 1 aromatic carbocycles. The molecule has 0 amide bonds. The number of aromatic hydroxyl groups is 1. The maximum Gasteiger partial charge on any atom is 0.129 e. The lowest BCUT2D eigenvalue weighted by atomic mass is 10.0. The van der Waals surface area contributed by atoms with Crippen LogP contribution in [-0.4, -0.2) is 26.8 Å². The minimum absolute atomic E-state index is 0.0940. The normalized spacial score (nSPS) is 14.9. The molecule has 0 saturated heterocycles. The van der Waals surface area contributed by atoms with Gasteiger partial charge in [-0.25, -0.2) is 4.39 Å². The van der Waals surface area contributed by atoms with Gasteiger partial charge < -0.3 is 15.3 Å². The smallest absolute Gasteiger partial charge is 0.129 e. The van der Waals surface area contributed by atoms with Crippen molar-refractivity contribution in [2.45, 2.75) is 18.6 Å². The predicted octanol–water partition coefficient (Wildman–Crippen LogP) is 1.71. The largest absolute Gasteiger partial charge is 0.508 e. The highest BCUT2D eigenvalue weighted by molar-refractivity contribution is 9.09. The summed E-state index contributed by atoms with van der Waals surface area (Å²) >= 11 is 3.11. The summed E-state index contributed by atoms with van der Waals surface area (Å²) < 4.78 is 13.2. The Hall–Kier alpha value is -0.650. The van der Waals surface area contributed by atoms with Crippen LogP contribution in [-0.2, 0) is 0 Å². The van der Waals surface area contributed by atoms with E-state index in [1.807, 2.05) is 0 Å². The predicted molar refractivity (Wildman–Crippen MR) is 57.4 cm³/mol. The summed E-state index contributed by atoms with van der Waals surface area (Å²) in [7, 11) is 0. The third kappa shape index (κ3) is 3.15. The standard InChI is InChI=1S/C10H12BrFO3/c11-4-3-9(14)10(15)7-5-6(13)1-2-8(7)12/h1-2,5,9-10,13-15H,3-4H2. The van der Waals surface area contributed by atoms with E-state index >= 15 is 0 Å². The Morgan fingerprint density at radius 2 is 2.00 bits per heavy atom. The third-order valence-corrected chi connectivity index (χ3v) is 2.53. The van der Waals surface area contributed by atoms with Gasteiger partial charge in [0.25, 0.3) is 0 Å². The van der Waals surface area contributed by atoms with Gasteiger partial charge in [-0.05, 0) is 24.6 Å².